The summed E-state index contributed by atoms with van der Waals surface area (Å²) in [5.41, 5.74) is 0. The molecule has 1 saturated heterocycles. The third kappa shape index (κ3) is 5.40. The lowest BCUT2D eigenvalue weighted by Crippen LogP contribution is -2.47. The number of likely N-dealkylation sites (tertiary alicyclic amines) is 1. The maximum absolute atomic E-state index is 11.9. The molecular weight excluding hydrogens is 264 g/mol. The third-order valence-corrected chi connectivity index (χ3v) is 4.60. The molecule has 0 radical (unpaired) electrons. The van der Waals surface area contributed by atoms with Crippen LogP contribution in [0.3, 0.4) is 0 Å². The molecule has 2 unspecified atom stereocenters. The van der Waals surface area contributed by atoms with Crippen LogP contribution in [0.25, 0.3) is 0 Å². The molecule has 0 spiro atoms. The molecule has 1 fully saturated rings. The number of amides is 2. The van der Waals surface area contributed by atoms with E-state index in [1.807, 2.05) is 13.2 Å². The maximum atomic E-state index is 11.9. The minimum atomic E-state index is -0.143. The van der Waals surface area contributed by atoms with Gasteiger partial charge in [0.1, 0.15) is 0 Å². The Kier molecular flexibility index (Phi) is 7.23. The SMILES string of the molecule is CSC(CO)C(C)NC(=O)CN1CCCCCC1=O. The molecule has 0 bridgehead atoms. The molecule has 110 valence electrons. The number of carbonyl (C=O) groups excluding carboxylic acids is 2. The van der Waals surface area contributed by atoms with E-state index in [2.05, 4.69) is 5.32 Å². The Balaban J connectivity index is 2.43. The van der Waals surface area contributed by atoms with Gasteiger partial charge in [0.05, 0.1) is 13.2 Å². The van der Waals surface area contributed by atoms with Crippen molar-refractivity contribution < 1.29 is 14.7 Å². The molecule has 1 heterocycles. The molecule has 1 aliphatic heterocycles. The van der Waals surface area contributed by atoms with Crippen molar-refractivity contribution in [1.82, 2.24) is 10.2 Å². The fraction of sp³-hybridized carbons (Fsp3) is 0.846. The van der Waals surface area contributed by atoms with Crippen molar-refractivity contribution in [2.45, 2.75) is 43.9 Å². The van der Waals surface area contributed by atoms with Crippen molar-refractivity contribution in [2.24, 2.45) is 0 Å². The lowest BCUT2D eigenvalue weighted by atomic mass is 10.2. The Labute approximate surface area is 119 Å². The van der Waals surface area contributed by atoms with E-state index in [4.69, 9.17) is 0 Å². The monoisotopic (exact) mass is 288 g/mol. The molecule has 2 amide bonds. The van der Waals surface area contributed by atoms with E-state index in [1.165, 1.54) is 11.8 Å². The number of hydrogen-bond acceptors (Lipinski definition) is 4. The molecule has 1 aliphatic rings. The summed E-state index contributed by atoms with van der Waals surface area (Å²) in [6.45, 7) is 2.72. The molecule has 19 heavy (non-hydrogen) atoms. The summed E-state index contributed by atoms with van der Waals surface area (Å²) >= 11 is 1.52. The summed E-state index contributed by atoms with van der Waals surface area (Å²) in [5, 5.41) is 12.0. The molecular formula is C13H24N2O3S. The van der Waals surface area contributed by atoms with Gasteiger partial charge in [-0.15, -0.1) is 0 Å². The van der Waals surface area contributed by atoms with Crippen LogP contribution >= 0.6 is 11.8 Å². The van der Waals surface area contributed by atoms with Crippen molar-refractivity contribution >= 4 is 23.6 Å². The largest absolute Gasteiger partial charge is 0.395 e. The summed E-state index contributed by atoms with van der Waals surface area (Å²) in [6, 6.07) is -0.102. The van der Waals surface area contributed by atoms with Crippen molar-refractivity contribution in [1.29, 1.82) is 0 Å². The minimum absolute atomic E-state index is 0.0104. The molecule has 2 atom stereocenters. The van der Waals surface area contributed by atoms with Gasteiger partial charge in [0, 0.05) is 24.3 Å². The molecule has 0 saturated carbocycles. The van der Waals surface area contributed by atoms with Crippen molar-refractivity contribution in [3.63, 3.8) is 0 Å². The molecule has 0 aromatic rings. The van der Waals surface area contributed by atoms with E-state index >= 15 is 0 Å². The second kappa shape index (κ2) is 8.43. The molecule has 2 N–H and O–H groups in total. The highest BCUT2D eigenvalue weighted by molar-refractivity contribution is 7.99. The fourth-order valence-electron chi connectivity index (χ4n) is 2.21. The Bertz CT molecular complexity index is 308. The van der Waals surface area contributed by atoms with Crippen LogP contribution in [0.1, 0.15) is 32.6 Å². The lowest BCUT2D eigenvalue weighted by Gasteiger charge is -2.24. The first-order chi connectivity index (χ1) is 9.08. The van der Waals surface area contributed by atoms with Crippen LogP contribution in [0.4, 0.5) is 0 Å². The van der Waals surface area contributed by atoms with Crippen LogP contribution in [0.5, 0.6) is 0 Å². The van der Waals surface area contributed by atoms with E-state index in [0.29, 0.717) is 13.0 Å². The number of aliphatic hydroxyl groups is 1. The Morgan fingerprint density at radius 2 is 2.21 bits per heavy atom. The third-order valence-electron chi connectivity index (χ3n) is 3.43. The standard InChI is InChI=1S/C13H24N2O3S/c1-10(11(9-16)19-2)14-12(17)8-15-7-5-3-4-6-13(15)18/h10-11,16H,3-9H2,1-2H3,(H,14,17). The van der Waals surface area contributed by atoms with Gasteiger partial charge in [0.2, 0.25) is 11.8 Å². The highest BCUT2D eigenvalue weighted by Gasteiger charge is 2.22. The van der Waals surface area contributed by atoms with E-state index in [0.717, 1.165) is 19.3 Å². The van der Waals surface area contributed by atoms with Crippen molar-refractivity contribution in [3.05, 3.63) is 0 Å². The van der Waals surface area contributed by atoms with E-state index in [-0.39, 0.29) is 36.3 Å². The average molecular weight is 288 g/mol. The smallest absolute Gasteiger partial charge is 0.239 e. The number of hydrogen-bond donors (Lipinski definition) is 2. The first-order valence-electron chi connectivity index (χ1n) is 6.79. The first-order valence-corrected chi connectivity index (χ1v) is 8.08. The summed E-state index contributed by atoms with van der Waals surface area (Å²) in [4.78, 5) is 25.3. The van der Waals surface area contributed by atoms with Gasteiger partial charge in [0.15, 0.2) is 0 Å². The molecule has 6 heteroatoms. The van der Waals surface area contributed by atoms with Gasteiger partial charge in [-0.2, -0.15) is 11.8 Å². The lowest BCUT2D eigenvalue weighted by molar-refractivity contribution is -0.135. The van der Waals surface area contributed by atoms with Gasteiger partial charge < -0.3 is 15.3 Å². The molecule has 0 aliphatic carbocycles. The highest BCUT2D eigenvalue weighted by Crippen LogP contribution is 2.12. The zero-order valence-electron chi connectivity index (χ0n) is 11.7. The van der Waals surface area contributed by atoms with Crippen LogP contribution in [-0.4, -0.2) is 59.1 Å². The summed E-state index contributed by atoms with van der Waals surface area (Å²) in [7, 11) is 0. The van der Waals surface area contributed by atoms with Crippen LogP contribution < -0.4 is 5.32 Å². The number of carbonyl (C=O) groups is 2. The van der Waals surface area contributed by atoms with Crippen molar-refractivity contribution in [2.75, 3.05) is 26.0 Å². The quantitative estimate of drug-likeness (QED) is 0.751. The van der Waals surface area contributed by atoms with Gasteiger partial charge in [-0.25, -0.2) is 0 Å². The van der Waals surface area contributed by atoms with Crippen LogP contribution in [-0.2, 0) is 9.59 Å². The molecule has 1 rings (SSSR count). The Morgan fingerprint density at radius 1 is 1.47 bits per heavy atom. The van der Waals surface area contributed by atoms with Crippen LogP contribution in [0.2, 0.25) is 0 Å². The van der Waals surface area contributed by atoms with E-state index < -0.39 is 0 Å². The summed E-state index contributed by atoms with van der Waals surface area (Å²) in [6.07, 6.45) is 5.40. The Morgan fingerprint density at radius 3 is 2.84 bits per heavy atom. The number of nitrogens with one attached hydrogen (secondary N) is 1. The minimum Gasteiger partial charge on any atom is -0.395 e. The zero-order chi connectivity index (χ0) is 14.3. The Hall–Kier alpha value is -0.750. The zero-order valence-corrected chi connectivity index (χ0v) is 12.5. The maximum Gasteiger partial charge on any atom is 0.239 e. The highest BCUT2D eigenvalue weighted by atomic mass is 32.2. The number of nitrogens with zero attached hydrogens (tertiary/aromatic N) is 1. The number of aliphatic hydroxyl groups excluding tert-OH is 1. The molecule has 0 aromatic heterocycles. The average Bonchev–Trinajstić information content (AvgIpc) is 2.56. The number of thioether (sulfide) groups is 1. The van der Waals surface area contributed by atoms with E-state index in [1.54, 1.807) is 4.90 Å². The predicted octanol–water partition coefficient (Wildman–Crippen LogP) is 0.618. The first kappa shape index (κ1) is 16.3. The predicted molar refractivity (Wildman–Crippen MR) is 77.0 cm³/mol. The summed E-state index contributed by atoms with van der Waals surface area (Å²) < 4.78 is 0. The normalized spacial score (nSPS) is 19.7. The van der Waals surface area contributed by atoms with Gasteiger partial charge in [-0.1, -0.05) is 6.42 Å². The molecule has 5 nitrogen and oxygen atoms in total. The van der Waals surface area contributed by atoms with Crippen LogP contribution in [0, 0.1) is 0 Å². The molecule has 0 aromatic carbocycles. The van der Waals surface area contributed by atoms with Gasteiger partial charge >= 0.3 is 0 Å². The topological polar surface area (TPSA) is 69.6 Å². The van der Waals surface area contributed by atoms with Crippen LogP contribution in [0.15, 0.2) is 0 Å². The summed E-state index contributed by atoms with van der Waals surface area (Å²) in [5.74, 6) is -0.0703. The van der Waals surface area contributed by atoms with E-state index in [9.17, 15) is 14.7 Å². The van der Waals surface area contributed by atoms with Gasteiger partial charge in [0.25, 0.3) is 0 Å². The van der Waals surface area contributed by atoms with Crippen molar-refractivity contribution in [3.8, 4) is 0 Å². The second-order valence-corrected chi connectivity index (χ2v) is 6.02. The fourth-order valence-corrected chi connectivity index (χ4v) is 2.83. The second-order valence-electron chi connectivity index (χ2n) is 4.94. The van der Waals surface area contributed by atoms with Gasteiger partial charge in [-0.05, 0) is 26.0 Å². The number of rotatable bonds is 6. The van der Waals surface area contributed by atoms with Gasteiger partial charge in [-0.3, -0.25) is 9.59 Å².